The third-order valence-electron chi connectivity index (χ3n) is 4.25. The molecule has 0 saturated heterocycles. The molecule has 0 bridgehead atoms. The molecule has 0 unspecified atom stereocenters. The van der Waals surface area contributed by atoms with Gasteiger partial charge < -0.3 is 19.3 Å². The van der Waals surface area contributed by atoms with Gasteiger partial charge in [-0.05, 0) is 49.7 Å². The van der Waals surface area contributed by atoms with E-state index in [9.17, 15) is 13.9 Å². The first-order valence-electron chi connectivity index (χ1n) is 8.97. The maximum Gasteiger partial charge on any atom is 0.387 e. The van der Waals surface area contributed by atoms with Crippen LogP contribution in [-0.2, 0) is 6.54 Å². The Kier molecular flexibility index (Phi) is 8.02. The van der Waals surface area contributed by atoms with Gasteiger partial charge in [0.2, 0.25) is 0 Å². The van der Waals surface area contributed by atoms with E-state index in [0.29, 0.717) is 13.1 Å². The summed E-state index contributed by atoms with van der Waals surface area (Å²) >= 11 is 0. The molecular formula is C21H27F2NO4. The fourth-order valence-electron chi connectivity index (χ4n) is 3.00. The second-order valence-corrected chi connectivity index (χ2v) is 6.75. The first-order chi connectivity index (χ1) is 13.3. The number of methoxy groups -OCH3 is 1. The van der Waals surface area contributed by atoms with E-state index in [-0.39, 0.29) is 18.1 Å². The van der Waals surface area contributed by atoms with E-state index < -0.39 is 12.7 Å². The summed E-state index contributed by atoms with van der Waals surface area (Å²) in [6, 6.07) is 10.7. The highest BCUT2D eigenvalue weighted by atomic mass is 19.3. The number of aliphatic hydroxyl groups is 1. The molecule has 2 aromatic rings. The molecule has 2 rings (SSSR count). The van der Waals surface area contributed by atoms with Gasteiger partial charge in [0.25, 0.3) is 0 Å². The molecule has 0 aliphatic rings. The van der Waals surface area contributed by atoms with E-state index in [1.54, 1.807) is 12.1 Å². The Hall–Kier alpha value is -2.38. The van der Waals surface area contributed by atoms with E-state index in [4.69, 9.17) is 9.47 Å². The first-order valence-corrected chi connectivity index (χ1v) is 8.97. The molecule has 0 amide bonds. The van der Waals surface area contributed by atoms with Crippen LogP contribution in [-0.4, -0.2) is 50.0 Å². The number of aliphatic hydroxyl groups excluding tert-OH is 1. The molecular weight excluding hydrogens is 368 g/mol. The van der Waals surface area contributed by atoms with E-state index >= 15 is 0 Å². The molecule has 0 aromatic heterocycles. The number of nitrogens with zero attached hydrogens (tertiary/aromatic N) is 1. The number of rotatable bonds is 10. The minimum absolute atomic E-state index is 0.00839. The molecule has 5 nitrogen and oxygen atoms in total. The van der Waals surface area contributed by atoms with Gasteiger partial charge >= 0.3 is 6.61 Å². The van der Waals surface area contributed by atoms with Gasteiger partial charge in [0, 0.05) is 13.1 Å². The summed E-state index contributed by atoms with van der Waals surface area (Å²) in [5, 5.41) is 10.3. The predicted molar refractivity (Wildman–Crippen MR) is 103 cm³/mol. The minimum Gasteiger partial charge on any atom is -0.493 e. The quantitative estimate of drug-likeness (QED) is 0.663. The summed E-state index contributed by atoms with van der Waals surface area (Å²) in [4.78, 5) is 1.92. The molecule has 1 N–H and O–H groups in total. The summed E-state index contributed by atoms with van der Waals surface area (Å²) in [6.07, 6.45) is -0.674. The van der Waals surface area contributed by atoms with Crippen molar-refractivity contribution >= 4 is 0 Å². The fraction of sp³-hybridized carbons (Fsp3) is 0.429. The van der Waals surface area contributed by atoms with Crippen molar-refractivity contribution in [2.75, 3.05) is 27.3 Å². The highest BCUT2D eigenvalue weighted by Crippen LogP contribution is 2.29. The maximum absolute atomic E-state index is 12.4. The minimum atomic E-state index is -2.91. The van der Waals surface area contributed by atoms with Crippen molar-refractivity contribution in [3.63, 3.8) is 0 Å². The third-order valence-corrected chi connectivity index (χ3v) is 4.25. The van der Waals surface area contributed by atoms with Crippen molar-refractivity contribution in [2.24, 2.45) is 0 Å². The zero-order valence-corrected chi connectivity index (χ0v) is 16.6. The number of alkyl halides is 2. The lowest BCUT2D eigenvalue weighted by atomic mass is 10.1. The molecule has 1 atom stereocenters. The number of hydrogen-bond donors (Lipinski definition) is 1. The first kappa shape index (κ1) is 21.9. The van der Waals surface area contributed by atoms with Crippen molar-refractivity contribution in [2.45, 2.75) is 33.1 Å². The zero-order chi connectivity index (χ0) is 20.7. The van der Waals surface area contributed by atoms with E-state index in [1.165, 1.54) is 13.2 Å². The number of halogens is 2. The van der Waals surface area contributed by atoms with Crippen molar-refractivity contribution in [1.82, 2.24) is 4.90 Å². The molecule has 7 heteroatoms. The monoisotopic (exact) mass is 395 g/mol. The second kappa shape index (κ2) is 10.2. The number of ether oxygens (including phenoxy) is 3. The van der Waals surface area contributed by atoms with Gasteiger partial charge in [-0.2, -0.15) is 8.78 Å². The van der Waals surface area contributed by atoms with Crippen LogP contribution in [0.15, 0.2) is 36.4 Å². The Morgan fingerprint density at radius 2 is 1.75 bits per heavy atom. The summed E-state index contributed by atoms with van der Waals surface area (Å²) in [7, 11) is 3.26. The lowest BCUT2D eigenvalue weighted by molar-refractivity contribution is -0.0512. The van der Waals surface area contributed by atoms with Gasteiger partial charge in [-0.1, -0.05) is 24.3 Å². The average Bonchev–Trinajstić information content (AvgIpc) is 2.62. The summed E-state index contributed by atoms with van der Waals surface area (Å²) < 4.78 is 40.1. The van der Waals surface area contributed by atoms with Gasteiger partial charge in [-0.3, -0.25) is 4.90 Å². The Labute approximate surface area is 164 Å². The molecule has 0 radical (unpaired) electrons. The van der Waals surface area contributed by atoms with Crippen LogP contribution in [0, 0.1) is 13.8 Å². The van der Waals surface area contributed by atoms with E-state index in [1.807, 2.05) is 44.0 Å². The number of para-hydroxylation sites is 1. The molecule has 0 saturated carbocycles. The number of benzene rings is 2. The lowest BCUT2D eigenvalue weighted by Gasteiger charge is -2.22. The fourth-order valence-corrected chi connectivity index (χ4v) is 3.00. The maximum atomic E-state index is 12.4. The normalized spacial score (nSPS) is 12.3. The Bertz CT molecular complexity index is 750. The molecule has 0 heterocycles. The summed E-state index contributed by atoms with van der Waals surface area (Å²) in [6.45, 7) is 2.11. The topological polar surface area (TPSA) is 51.2 Å². The Morgan fingerprint density at radius 3 is 2.36 bits per heavy atom. The third kappa shape index (κ3) is 6.35. The standard InChI is InChI=1S/C21H27F2NO4/c1-14-6-5-7-15(2)20(14)27-13-17(25)12-24(3)11-16-8-9-18(28-21(22)23)19(10-16)26-4/h5-10,17,21,25H,11-13H2,1-4H3/t17-/m0/s1. The van der Waals surface area contributed by atoms with Gasteiger partial charge in [-0.15, -0.1) is 0 Å². The number of likely N-dealkylation sites (N-methyl/N-ethyl adjacent to an activating group) is 1. The molecule has 28 heavy (non-hydrogen) atoms. The highest BCUT2D eigenvalue weighted by Gasteiger charge is 2.14. The van der Waals surface area contributed by atoms with Crippen molar-refractivity contribution in [1.29, 1.82) is 0 Å². The number of hydrogen-bond acceptors (Lipinski definition) is 5. The van der Waals surface area contributed by atoms with E-state index in [0.717, 1.165) is 22.4 Å². The van der Waals surface area contributed by atoms with Crippen LogP contribution in [0.1, 0.15) is 16.7 Å². The van der Waals surface area contributed by atoms with Crippen molar-refractivity contribution in [3.8, 4) is 17.2 Å². The highest BCUT2D eigenvalue weighted by molar-refractivity contribution is 5.43. The van der Waals surface area contributed by atoms with Crippen molar-refractivity contribution < 1.29 is 28.1 Å². The van der Waals surface area contributed by atoms with E-state index in [2.05, 4.69) is 4.74 Å². The molecule has 0 spiro atoms. The van der Waals surface area contributed by atoms with Crippen LogP contribution in [0.4, 0.5) is 8.78 Å². The zero-order valence-electron chi connectivity index (χ0n) is 16.6. The predicted octanol–water partition coefficient (Wildman–Crippen LogP) is 3.79. The van der Waals surface area contributed by atoms with Crippen molar-refractivity contribution in [3.05, 3.63) is 53.1 Å². The second-order valence-electron chi connectivity index (χ2n) is 6.75. The molecule has 0 aliphatic heterocycles. The van der Waals surface area contributed by atoms with Gasteiger partial charge in [-0.25, -0.2) is 0 Å². The largest absolute Gasteiger partial charge is 0.493 e. The van der Waals surface area contributed by atoms with Gasteiger partial charge in [0.15, 0.2) is 11.5 Å². The van der Waals surface area contributed by atoms with Gasteiger partial charge in [0.1, 0.15) is 18.5 Å². The Morgan fingerprint density at radius 1 is 1.07 bits per heavy atom. The van der Waals surface area contributed by atoms with Crippen LogP contribution in [0.25, 0.3) is 0 Å². The van der Waals surface area contributed by atoms with Crippen LogP contribution < -0.4 is 14.2 Å². The molecule has 0 fully saturated rings. The van der Waals surface area contributed by atoms with Crippen LogP contribution in [0.2, 0.25) is 0 Å². The molecule has 154 valence electrons. The van der Waals surface area contributed by atoms with Crippen LogP contribution in [0.5, 0.6) is 17.2 Å². The Balaban J connectivity index is 1.89. The smallest absolute Gasteiger partial charge is 0.387 e. The lowest BCUT2D eigenvalue weighted by Crippen LogP contribution is -2.33. The summed E-state index contributed by atoms with van der Waals surface area (Å²) in [5.41, 5.74) is 2.90. The number of aryl methyl sites for hydroxylation is 2. The molecule has 0 aliphatic carbocycles. The van der Waals surface area contributed by atoms with Crippen LogP contribution in [0.3, 0.4) is 0 Å². The SMILES string of the molecule is COc1cc(CN(C)C[C@H](O)COc2c(C)cccc2C)ccc1OC(F)F. The molecule has 2 aromatic carbocycles. The summed E-state index contributed by atoms with van der Waals surface area (Å²) in [5.74, 6) is 1.03. The van der Waals surface area contributed by atoms with Crippen LogP contribution >= 0.6 is 0 Å². The van der Waals surface area contributed by atoms with Gasteiger partial charge in [0.05, 0.1) is 7.11 Å². The average molecular weight is 395 g/mol.